The fourth-order valence-electron chi connectivity index (χ4n) is 1.72. The molecule has 2 rings (SSSR count). The maximum Gasteiger partial charge on any atom is 0.0830 e. The number of aliphatic hydroxyl groups excluding tert-OH is 1. The van der Waals surface area contributed by atoms with Crippen LogP contribution < -0.4 is 0 Å². The number of hydrogen-bond acceptors (Lipinski definition) is 1. The van der Waals surface area contributed by atoms with Crippen molar-refractivity contribution in [2.45, 2.75) is 12.5 Å². The number of aliphatic hydroxyl groups is 1. The van der Waals surface area contributed by atoms with E-state index in [1.54, 1.807) is 0 Å². The Morgan fingerprint density at radius 2 is 1.88 bits per heavy atom. The summed E-state index contributed by atoms with van der Waals surface area (Å²) in [6.07, 6.45) is 0.0581. The Bertz CT molecular complexity index is 513. The van der Waals surface area contributed by atoms with Crippen LogP contribution in [0.4, 0.5) is 0 Å². The molecule has 0 spiro atoms. The van der Waals surface area contributed by atoms with E-state index in [0.29, 0.717) is 11.4 Å². The van der Waals surface area contributed by atoms with Crippen LogP contribution in [0.2, 0.25) is 5.02 Å². The van der Waals surface area contributed by atoms with Crippen molar-refractivity contribution in [1.29, 1.82) is 0 Å². The Labute approximate surface area is 114 Å². The minimum Gasteiger partial charge on any atom is -0.388 e. The van der Waals surface area contributed by atoms with E-state index < -0.39 is 6.10 Å². The molecule has 3 heteroatoms. The SMILES string of the molecule is OC(Cc1cccc(Cl)c1)c1cccc(Br)c1. The van der Waals surface area contributed by atoms with Gasteiger partial charge in [0.1, 0.15) is 0 Å². The van der Waals surface area contributed by atoms with Gasteiger partial charge in [-0.3, -0.25) is 0 Å². The lowest BCUT2D eigenvalue weighted by atomic mass is 10.0. The van der Waals surface area contributed by atoms with Crippen LogP contribution in [0.15, 0.2) is 53.0 Å². The first-order valence-electron chi connectivity index (χ1n) is 5.33. The summed E-state index contributed by atoms with van der Waals surface area (Å²) in [4.78, 5) is 0. The van der Waals surface area contributed by atoms with Gasteiger partial charge in [-0.25, -0.2) is 0 Å². The maximum absolute atomic E-state index is 10.1. The Balaban J connectivity index is 2.14. The Hall–Kier alpha value is -0.830. The van der Waals surface area contributed by atoms with Crippen molar-refractivity contribution in [1.82, 2.24) is 0 Å². The fraction of sp³-hybridized carbons (Fsp3) is 0.143. The van der Waals surface area contributed by atoms with Crippen molar-refractivity contribution in [2.75, 3.05) is 0 Å². The zero-order chi connectivity index (χ0) is 12.3. The molecule has 0 aliphatic carbocycles. The predicted octanol–water partition coefficient (Wildman–Crippen LogP) is 4.38. The van der Waals surface area contributed by atoms with Gasteiger partial charge in [0.05, 0.1) is 6.10 Å². The third-order valence-electron chi connectivity index (χ3n) is 2.55. The third kappa shape index (κ3) is 3.56. The molecule has 0 heterocycles. The summed E-state index contributed by atoms with van der Waals surface area (Å²) in [5.74, 6) is 0. The molecule has 0 radical (unpaired) electrons. The van der Waals surface area contributed by atoms with Crippen molar-refractivity contribution >= 4 is 27.5 Å². The molecule has 2 aromatic carbocycles. The van der Waals surface area contributed by atoms with Crippen molar-refractivity contribution in [3.05, 3.63) is 69.2 Å². The number of halogens is 2. The molecular formula is C14H12BrClO. The number of hydrogen-bond donors (Lipinski definition) is 1. The van der Waals surface area contributed by atoms with E-state index in [1.807, 2.05) is 48.5 Å². The predicted molar refractivity (Wildman–Crippen MR) is 74.3 cm³/mol. The standard InChI is InChI=1S/C14H12BrClO/c15-12-5-2-4-11(9-12)14(17)8-10-3-1-6-13(16)7-10/h1-7,9,14,17H,8H2. The van der Waals surface area contributed by atoms with Crippen molar-refractivity contribution in [3.63, 3.8) is 0 Å². The summed E-state index contributed by atoms with van der Waals surface area (Å²) in [5.41, 5.74) is 1.93. The van der Waals surface area contributed by atoms with Gasteiger partial charge in [0.15, 0.2) is 0 Å². The van der Waals surface area contributed by atoms with Crippen LogP contribution in [-0.4, -0.2) is 5.11 Å². The topological polar surface area (TPSA) is 20.2 Å². The van der Waals surface area contributed by atoms with Gasteiger partial charge in [0, 0.05) is 15.9 Å². The molecule has 17 heavy (non-hydrogen) atoms. The maximum atomic E-state index is 10.1. The summed E-state index contributed by atoms with van der Waals surface area (Å²) < 4.78 is 0.972. The summed E-state index contributed by atoms with van der Waals surface area (Å²) in [6.45, 7) is 0. The van der Waals surface area contributed by atoms with Gasteiger partial charge in [0.25, 0.3) is 0 Å². The van der Waals surface area contributed by atoms with E-state index in [4.69, 9.17) is 11.6 Å². The average Bonchev–Trinajstić information content (AvgIpc) is 2.29. The molecule has 0 fully saturated rings. The summed E-state index contributed by atoms with van der Waals surface area (Å²) in [5, 5.41) is 10.8. The Morgan fingerprint density at radius 1 is 1.12 bits per heavy atom. The molecule has 2 aromatic rings. The zero-order valence-electron chi connectivity index (χ0n) is 9.11. The van der Waals surface area contributed by atoms with Crippen LogP contribution in [0, 0.1) is 0 Å². The molecule has 0 aliphatic heterocycles. The smallest absolute Gasteiger partial charge is 0.0830 e. The third-order valence-corrected chi connectivity index (χ3v) is 3.28. The second-order valence-electron chi connectivity index (χ2n) is 3.90. The van der Waals surface area contributed by atoms with Crippen LogP contribution in [0.5, 0.6) is 0 Å². The lowest BCUT2D eigenvalue weighted by Crippen LogP contribution is -2.01. The van der Waals surface area contributed by atoms with Gasteiger partial charge in [0.2, 0.25) is 0 Å². The normalized spacial score (nSPS) is 12.4. The molecule has 0 aromatic heterocycles. The zero-order valence-corrected chi connectivity index (χ0v) is 11.4. The minimum atomic E-state index is -0.508. The van der Waals surface area contributed by atoms with Crippen LogP contribution in [0.25, 0.3) is 0 Å². The van der Waals surface area contributed by atoms with Gasteiger partial charge in [-0.15, -0.1) is 0 Å². The second-order valence-corrected chi connectivity index (χ2v) is 5.26. The van der Waals surface area contributed by atoms with Crippen molar-refractivity contribution < 1.29 is 5.11 Å². The van der Waals surface area contributed by atoms with Crippen LogP contribution in [0.1, 0.15) is 17.2 Å². The highest BCUT2D eigenvalue weighted by atomic mass is 79.9. The van der Waals surface area contributed by atoms with E-state index in [0.717, 1.165) is 15.6 Å². The second kappa shape index (κ2) is 5.67. The molecule has 1 N–H and O–H groups in total. The molecule has 0 amide bonds. The van der Waals surface area contributed by atoms with Crippen molar-refractivity contribution in [2.24, 2.45) is 0 Å². The van der Waals surface area contributed by atoms with Gasteiger partial charge in [-0.05, 0) is 35.4 Å². The molecule has 88 valence electrons. The highest BCUT2D eigenvalue weighted by molar-refractivity contribution is 9.10. The molecule has 1 unspecified atom stereocenters. The Kier molecular flexibility index (Phi) is 4.21. The van der Waals surface area contributed by atoms with Crippen LogP contribution in [0.3, 0.4) is 0 Å². The summed E-state index contributed by atoms with van der Waals surface area (Å²) >= 11 is 9.31. The molecular weight excluding hydrogens is 300 g/mol. The number of benzene rings is 2. The van der Waals surface area contributed by atoms with Gasteiger partial charge in [-0.1, -0.05) is 51.8 Å². The van der Waals surface area contributed by atoms with E-state index in [-0.39, 0.29) is 0 Å². The van der Waals surface area contributed by atoms with E-state index in [1.165, 1.54) is 0 Å². The monoisotopic (exact) mass is 310 g/mol. The first kappa shape index (κ1) is 12.6. The highest BCUT2D eigenvalue weighted by Gasteiger charge is 2.08. The quantitative estimate of drug-likeness (QED) is 0.892. The lowest BCUT2D eigenvalue weighted by Gasteiger charge is -2.11. The summed E-state index contributed by atoms with van der Waals surface area (Å²) in [6, 6.07) is 15.3. The van der Waals surface area contributed by atoms with E-state index >= 15 is 0 Å². The largest absolute Gasteiger partial charge is 0.388 e. The minimum absolute atomic E-state index is 0.508. The first-order valence-corrected chi connectivity index (χ1v) is 6.50. The molecule has 1 atom stereocenters. The average molecular weight is 312 g/mol. The molecule has 0 saturated heterocycles. The first-order chi connectivity index (χ1) is 8.15. The molecule has 0 saturated carbocycles. The molecule has 0 bridgehead atoms. The fourth-order valence-corrected chi connectivity index (χ4v) is 2.35. The van der Waals surface area contributed by atoms with Gasteiger partial charge in [-0.2, -0.15) is 0 Å². The molecule has 1 nitrogen and oxygen atoms in total. The Morgan fingerprint density at radius 3 is 2.59 bits per heavy atom. The van der Waals surface area contributed by atoms with E-state index in [2.05, 4.69) is 15.9 Å². The van der Waals surface area contributed by atoms with Gasteiger partial charge < -0.3 is 5.11 Å². The van der Waals surface area contributed by atoms with Crippen molar-refractivity contribution in [3.8, 4) is 0 Å². The van der Waals surface area contributed by atoms with Crippen LogP contribution >= 0.6 is 27.5 Å². The summed E-state index contributed by atoms with van der Waals surface area (Å²) in [7, 11) is 0. The van der Waals surface area contributed by atoms with Crippen LogP contribution in [-0.2, 0) is 6.42 Å². The van der Waals surface area contributed by atoms with Gasteiger partial charge >= 0.3 is 0 Å². The highest BCUT2D eigenvalue weighted by Crippen LogP contribution is 2.22. The van der Waals surface area contributed by atoms with E-state index in [9.17, 15) is 5.11 Å². The molecule has 0 aliphatic rings. The number of rotatable bonds is 3. The lowest BCUT2D eigenvalue weighted by molar-refractivity contribution is 0.178.